The predicted octanol–water partition coefficient (Wildman–Crippen LogP) is 3.05. The molecule has 1 N–H and O–H groups in total. The molecule has 32 heavy (non-hydrogen) atoms. The largest absolute Gasteiger partial charge is 0.497 e. The van der Waals surface area contributed by atoms with Crippen LogP contribution in [0.15, 0.2) is 48.5 Å². The summed E-state index contributed by atoms with van der Waals surface area (Å²) in [6.45, 7) is 0.637. The molecule has 168 valence electrons. The van der Waals surface area contributed by atoms with Gasteiger partial charge in [0.2, 0.25) is 11.8 Å². The van der Waals surface area contributed by atoms with Crippen LogP contribution in [-0.4, -0.2) is 65.6 Å². The molecule has 0 radical (unpaired) electrons. The third-order valence-corrected chi connectivity index (χ3v) is 7.49. The number of aliphatic hydroxyl groups is 1. The van der Waals surface area contributed by atoms with Gasteiger partial charge in [-0.3, -0.25) is 9.59 Å². The molecule has 5 rings (SSSR count). The Bertz CT molecular complexity index is 982. The van der Waals surface area contributed by atoms with Crippen LogP contribution in [0.5, 0.6) is 5.75 Å². The average Bonchev–Trinajstić information content (AvgIpc) is 3.35. The lowest BCUT2D eigenvalue weighted by Gasteiger charge is -2.59. The van der Waals surface area contributed by atoms with E-state index in [2.05, 4.69) is 24.3 Å². The average molecular weight is 435 g/mol. The molecule has 1 aliphatic carbocycles. The number of nitrogens with zero attached hydrogens (tertiary/aromatic N) is 2. The van der Waals surface area contributed by atoms with Crippen LogP contribution in [0.25, 0.3) is 11.1 Å². The lowest BCUT2D eigenvalue weighted by Crippen LogP contribution is -2.73. The summed E-state index contributed by atoms with van der Waals surface area (Å²) < 4.78 is 5.24. The van der Waals surface area contributed by atoms with E-state index >= 15 is 0 Å². The van der Waals surface area contributed by atoms with Gasteiger partial charge < -0.3 is 19.6 Å². The van der Waals surface area contributed by atoms with E-state index in [4.69, 9.17) is 4.74 Å². The van der Waals surface area contributed by atoms with Gasteiger partial charge >= 0.3 is 0 Å². The molecule has 0 bridgehead atoms. The van der Waals surface area contributed by atoms with Crippen LogP contribution in [0, 0.1) is 5.92 Å². The number of hydrogen-bond donors (Lipinski definition) is 1. The molecule has 6 nitrogen and oxygen atoms in total. The molecule has 0 unspecified atom stereocenters. The Morgan fingerprint density at radius 1 is 1.03 bits per heavy atom. The molecule has 2 saturated heterocycles. The van der Waals surface area contributed by atoms with Gasteiger partial charge in [-0.2, -0.15) is 0 Å². The summed E-state index contributed by atoms with van der Waals surface area (Å²) in [5.74, 6) is 1.03. The minimum Gasteiger partial charge on any atom is -0.497 e. The second kappa shape index (κ2) is 8.58. The van der Waals surface area contributed by atoms with Crippen molar-refractivity contribution >= 4 is 11.8 Å². The molecule has 2 amide bonds. The van der Waals surface area contributed by atoms with Crippen LogP contribution >= 0.6 is 0 Å². The number of aliphatic hydroxyl groups excluding tert-OH is 1. The summed E-state index contributed by atoms with van der Waals surface area (Å²) in [5, 5.41) is 10.0. The van der Waals surface area contributed by atoms with Crippen molar-refractivity contribution in [1.29, 1.82) is 0 Å². The number of benzene rings is 2. The molecule has 2 aromatic carbocycles. The number of carbonyl (C=O) groups excluding carboxylic acids is 2. The third-order valence-electron chi connectivity index (χ3n) is 7.49. The third kappa shape index (κ3) is 3.56. The molecule has 0 aromatic heterocycles. The number of ether oxygens (including phenoxy) is 1. The van der Waals surface area contributed by atoms with E-state index in [0.29, 0.717) is 6.54 Å². The molecule has 2 aliphatic heterocycles. The highest BCUT2D eigenvalue weighted by Gasteiger charge is 2.54. The quantitative estimate of drug-likeness (QED) is 0.785. The molecule has 6 heteroatoms. The second-order valence-corrected chi connectivity index (χ2v) is 9.19. The highest BCUT2D eigenvalue weighted by Crippen LogP contribution is 2.43. The lowest BCUT2D eigenvalue weighted by atomic mass is 9.73. The van der Waals surface area contributed by atoms with Crippen molar-refractivity contribution in [3.63, 3.8) is 0 Å². The fraction of sp³-hybridized carbons (Fsp3) is 0.462. The Labute approximate surface area is 188 Å². The molecule has 3 aliphatic rings. The van der Waals surface area contributed by atoms with Crippen LogP contribution in [0.2, 0.25) is 0 Å². The smallest absolute Gasteiger partial charge is 0.242 e. The fourth-order valence-corrected chi connectivity index (χ4v) is 5.78. The number of carbonyl (C=O) groups is 2. The predicted molar refractivity (Wildman–Crippen MR) is 121 cm³/mol. The standard InChI is InChI=1S/C26H30N2O4/c1-32-21-12-10-18(11-13-21)17-6-8-19(9-7-17)25-22-14-27(26(31)20-4-2-3-5-20)15-24(30)28(22)23(25)16-29/h6-13,20,22-23,25,29H,2-5,14-16H2,1H3/t22-,23-,25-/m1/s1. The summed E-state index contributed by atoms with van der Waals surface area (Å²) in [6.07, 6.45) is 4.08. The number of amides is 2. The van der Waals surface area contributed by atoms with Gasteiger partial charge in [0.1, 0.15) is 5.75 Å². The molecular formula is C26H30N2O4. The lowest BCUT2D eigenvalue weighted by molar-refractivity contribution is -0.168. The van der Waals surface area contributed by atoms with Gasteiger partial charge in [-0.15, -0.1) is 0 Å². The van der Waals surface area contributed by atoms with Crippen LogP contribution < -0.4 is 4.74 Å². The van der Waals surface area contributed by atoms with E-state index in [-0.39, 0.29) is 48.9 Å². The molecule has 3 fully saturated rings. The minimum absolute atomic E-state index is 0.0352. The Morgan fingerprint density at radius 3 is 2.25 bits per heavy atom. The highest BCUT2D eigenvalue weighted by molar-refractivity contribution is 5.88. The first-order valence-electron chi connectivity index (χ1n) is 11.6. The van der Waals surface area contributed by atoms with Gasteiger partial charge in [0.15, 0.2) is 0 Å². The molecule has 0 spiro atoms. The molecular weight excluding hydrogens is 404 g/mol. The van der Waals surface area contributed by atoms with Crippen LogP contribution in [0.4, 0.5) is 0 Å². The molecule has 1 saturated carbocycles. The molecule has 3 atom stereocenters. The van der Waals surface area contributed by atoms with Crippen molar-refractivity contribution in [3.05, 3.63) is 54.1 Å². The maximum atomic E-state index is 13.0. The van der Waals surface area contributed by atoms with E-state index in [1.807, 2.05) is 24.3 Å². The van der Waals surface area contributed by atoms with Crippen molar-refractivity contribution < 1.29 is 19.4 Å². The Morgan fingerprint density at radius 2 is 1.66 bits per heavy atom. The number of methoxy groups -OCH3 is 1. The zero-order valence-electron chi connectivity index (χ0n) is 18.4. The number of fused-ring (bicyclic) bond motifs is 1. The van der Waals surface area contributed by atoms with Crippen molar-refractivity contribution in [2.45, 2.75) is 43.7 Å². The SMILES string of the molecule is COc1ccc(-c2ccc([C@H]3[C@@H](CO)N4C(=O)CN(C(=O)C5CCCC5)C[C@H]34)cc2)cc1. The van der Waals surface area contributed by atoms with Crippen LogP contribution in [0.1, 0.15) is 37.2 Å². The van der Waals surface area contributed by atoms with Crippen molar-refractivity contribution in [2.24, 2.45) is 5.92 Å². The van der Waals surface area contributed by atoms with E-state index in [1.165, 1.54) is 0 Å². The number of piperazine rings is 1. The molecule has 2 heterocycles. The van der Waals surface area contributed by atoms with E-state index in [0.717, 1.165) is 48.1 Å². The normalized spacial score (nSPS) is 25.4. The zero-order chi connectivity index (χ0) is 22.2. The first-order chi connectivity index (χ1) is 15.6. The van der Waals surface area contributed by atoms with Gasteiger partial charge in [0.05, 0.1) is 32.3 Å². The Kier molecular flexibility index (Phi) is 5.64. The number of rotatable bonds is 5. The van der Waals surface area contributed by atoms with E-state index in [1.54, 1.807) is 16.9 Å². The van der Waals surface area contributed by atoms with Gasteiger partial charge in [0, 0.05) is 18.4 Å². The fourth-order valence-electron chi connectivity index (χ4n) is 5.78. The maximum absolute atomic E-state index is 13.0. The summed E-state index contributed by atoms with van der Waals surface area (Å²) >= 11 is 0. The highest BCUT2D eigenvalue weighted by atomic mass is 16.5. The Balaban J connectivity index is 1.35. The minimum atomic E-state index is -0.219. The molecule has 2 aromatic rings. The number of hydrogen-bond acceptors (Lipinski definition) is 4. The van der Waals surface area contributed by atoms with Gasteiger partial charge in [-0.05, 0) is 41.7 Å². The van der Waals surface area contributed by atoms with E-state index in [9.17, 15) is 14.7 Å². The van der Waals surface area contributed by atoms with Gasteiger partial charge in [0.25, 0.3) is 0 Å². The van der Waals surface area contributed by atoms with Crippen molar-refractivity contribution in [1.82, 2.24) is 9.80 Å². The van der Waals surface area contributed by atoms with Crippen LogP contribution in [-0.2, 0) is 9.59 Å². The van der Waals surface area contributed by atoms with Gasteiger partial charge in [-0.1, -0.05) is 49.2 Å². The summed E-state index contributed by atoms with van der Waals surface area (Å²) in [7, 11) is 1.65. The topological polar surface area (TPSA) is 70.1 Å². The maximum Gasteiger partial charge on any atom is 0.242 e. The summed E-state index contributed by atoms with van der Waals surface area (Å²) in [5.41, 5.74) is 3.31. The van der Waals surface area contributed by atoms with Crippen LogP contribution in [0.3, 0.4) is 0 Å². The van der Waals surface area contributed by atoms with Crippen molar-refractivity contribution in [2.75, 3.05) is 26.8 Å². The monoisotopic (exact) mass is 434 g/mol. The Hall–Kier alpha value is -2.86. The first kappa shape index (κ1) is 21.0. The second-order valence-electron chi connectivity index (χ2n) is 9.19. The van der Waals surface area contributed by atoms with Gasteiger partial charge in [-0.25, -0.2) is 0 Å². The van der Waals surface area contributed by atoms with E-state index < -0.39 is 0 Å². The zero-order valence-corrected chi connectivity index (χ0v) is 18.4. The summed E-state index contributed by atoms with van der Waals surface area (Å²) in [6, 6.07) is 16.0. The first-order valence-corrected chi connectivity index (χ1v) is 11.6. The summed E-state index contributed by atoms with van der Waals surface area (Å²) in [4.78, 5) is 29.4. The van der Waals surface area contributed by atoms with Crippen molar-refractivity contribution in [3.8, 4) is 16.9 Å².